The van der Waals surface area contributed by atoms with Crippen molar-refractivity contribution < 1.29 is 0 Å². The topological polar surface area (TPSA) is 53.4 Å². The number of para-hydroxylation sites is 1. The molecular weight excluding hydrogens is 371 g/mol. The van der Waals surface area contributed by atoms with Crippen molar-refractivity contribution in [2.24, 2.45) is 0 Å². The molecule has 0 aliphatic rings. The standard InChI is InChI=1S/C19H16Cl2N4O/c1-24(2)10-14-17(12-8-7-11(20)9-15(12)21)23-25-18(14)22-16-6-4-3-5-13(16)19(25)26/h3-9,22H,10H2,1-2H3. The zero-order valence-electron chi connectivity index (χ0n) is 14.3. The molecule has 0 saturated carbocycles. The van der Waals surface area contributed by atoms with Crippen LogP contribution in [-0.2, 0) is 6.54 Å². The third-order valence-electron chi connectivity index (χ3n) is 4.25. The van der Waals surface area contributed by atoms with Crippen molar-refractivity contribution in [2.75, 3.05) is 14.1 Å². The molecule has 0 atom stereocenters. The van der Waals surface area contributed by atoms with Gasteiger partial charge < -0.3 is 9.88 Å². The van der Waals surface area contributed by atoms with Gasteiger partial charge >= 0.3 is 0 Å². The molecule has 2 heterocycles. The first-order valence-electron chi connectivity index (χ1n) is 8.08. The van der Waals surface area contributed by atoms with Gasteiger partial charge in [-0.05, 0) is 44.4 Å². The zero-order chi connectivity index (χ0) is 18.4. The van der Waals surface area contributed by atoms with E-state index in [1.54, 1.807) is 18.2 Å². The van der Waals surface area contributed by atoms with Crippen molar-refractivity contribution in [1.82, 2.24) is 19.5 Å². The van der Waals surface area contributed by atoms with E-state index in [1.807, 2.05) is 43.3 Å². The molecule has 7 heteroatoms. The molecule has 5 nitrogen and oxygen atoms in total. The van der Waals surface area contributed by atoms with Crippen molar-refractivity contribution in [3.63, 3.8) is 0 Å². The summed E-state index contributed by atoms with van der Waals surface area (Å²) in [4.78, 5) is 18.3. The largest absolute Gasteiger partial charge is 0.339 e. The van der Waals surface area contributed by atoms with Crippen LogP contribution in [0.1, 0.15) is 5.56 Å². The summed E-state index contributed by atoms with van der Waals surface area (Å²) in [6.45, 7) is 0.603. The minimum absolute atomic E-state index is 0.161. The van der Waals surface area contributed by atoms with Crippen molar-refractivity contribution in [2.45, 2.75) is 6.54 Å². The lowest BCUT2D eigenvalue weighted by Crippen LogP contribution is -2.16. The molecule has 26 heavy (non-hydrogen) atoms. The summed E-state index contributed by atoms with van der Waals surface area (Å²) in [6, 6.07) is 12.7. The quantitative estimate of drug-likeness (QED) is 0.573. The van der Waals surface area contributed by atoms with Crippen LogP contribution >= 0.6 is 23.2 Å². The van der Waals surface area contributed by atoms with Gasteiger partial charge in [-0.3, -0.25) is 4.79 Å². The Morgan fingerprint density at radius 1 is 1.15 bits per heavy atom. The Balaban J connectivity index is 2.10. The van der Waals surface area contributed by atoms with Gasteiger partial charge in [-0.15, -0.1) is 0 Å². The van der Waals surface area contributed by atoms with Gasteiger partial charge in [-0.1, -0.05) is 35.3 Å². The molecule has 132 valence electrons. The summed E-state index contributed by atoms with van der Waals surface area (Å²) >= 11 is 12.4. The molecule has 4 rings (SSSR count). The molecule has 0 unspecified atom stereocenters. The molecule has 2 aromatic carbocycles. The van der Waals surface area contributed by atoms with Crippen LogP contribution in [0.2, 0.25) is 10.0 Å². The second-order valence-corrected chi connectivity index (χ2v) is 7.27. The number of H-pyrrole nitrogens is 1. The van der Waals surface area contributed by atoms with E-state index in [0.717, 1.165) is 16.6 Å². The Morgan fingerprint density at radius 2 is 1.92 bits per heavy atom. The van der Waals surface area contributed by atoms with E-state index in [0.29, 0.717) is 33.3 Å². The number of fused-ring (bicyclic) bond motifs is 2. The second-order valence-electron chi connectivity index (χ2n) is 6.43. The molecule has 0 saturated heterocycles. The number of benzene rings is 2. The summed E-state index contributed by atoms with van der Waals surface area (Å²) in [6.07, 6.45) is 0. The van der Waals surface area contributed by atoms with Gasteiger partial charge in [0.15, 0.2) is 0 Å². The predicted molar refractivity (Wildman–Crippen MR) is 106 cm³/mol. The fraction of sp³-hybridized carbons (Fsp3) is 0.158. The summed E-state index contributed by atoms with van der Waals surface area (Å²) in [5.41, 5.74) is 3.60. The SMILES string of the molecule is CN(C)Cc1c(-c2ccc(Cl)cc2Cl)nn2c(=O)c3ccccc3[nH]c12. The molecule has 0 aliphatic heterocycles. The normalized spacial score (nSPS) is 11.7. The van der Waals surface area contributed by atoms with Crippen LogP contribution in [0.25, 0.3) is 27.8 Å². The Kier molecular flexibility index (Phi) is 4.23. The van der Waals surface area contributed by atoms with Crippen molar-refractivity contribution >= 4 is 39.8 Å². The van der Waals surface area contributed by atoms with Crippen molar-refractivity contribution in [3.05, 3.63) is 68.4 Å². The van der Waals surface area contributed by atoms with E-state index < -0.39 is 0 Å². The lowest BCUT2D eigenvalue weighted by molar-refractivity contribution is 0.404. The van der Waals surface area contributed by atoms with Gasteiger partial charge in [-0.2, -0.15) is 9.61 Å². The first-order chi connectivity index (χ1) is 12.5. The number of aromatic nitrogens is 3. The monoisotopic (exact) mass is 386 g/mol. The first kappa shape index (κ1) is 17.1. The third kappa shape index (κ3) is 2.78. The summed E-state index contributed by atoms with van der Waals surface area (Å²) in [5, 5.41) is 6.24. The molecule has 0 spiro atoms. The molecule has 0 fully saturated rings. The predicted octanol–water partition coefficient (Wildman–Crippen LogP) is 4.21. The minimum Gasteiger partial charge on any atom is -0.339 e. The maximum absolute atomic E-state index is 12.9. The highest BCUT2D eigenvalue weighted by Gasteiger charge is 2.20. The first-order valence-corrected chi connectivity index (χ1v) is 8.84. The summed E-state index contributed by atoms with van der Waals surface area (Å²) in [7, 11) is 3.94. The highest BCUT2D eigenvalue weighted by atomic mass is 35.5. The molecule has 0 radical (unpaired) electrons. The lowest BCUT2D eigenvalue weighted by Gasteiger charge is -2.11. The number of rotatable bonds is 3. The van der Waals surface area contributed by atoms with Crippen LogP contribution < -0.4 is 5.56 Å². The smallest absolute Gasteiger partial charge is 0.282 e. The molecule has 4 aromatic rings. The average Bonchev–Trinajstić information content (AvgIpc) is 2.93. The van der Waals surface area contributed by atoms with Crippen LogP contribution in [0.15, 0.2) is 47.3 Å². The number of nitrogens with zero attached hydrogens (tertiary/aromatic N) is 3. The number of halogens is 2. The lowest BCUT2D eigenvalue weighted by atomic mass is 10.1. The van der Waals surface area contributed by atoms with E-state index >= 15 is 0 Å². The molecular formula is C19H16Cl2N4O. The van der Waals surface area contributed by atoms with E-state index in [4.69, 9.17) is 23.2 Å². The van der Waals surface area contributed by atoms with Gasteiger partial charge in [-0.25, -0.2) is 0 Å². The zero-order valence-corrected chi connectivity index (χ0v) is 15.8. The number of aromatic amines is 1. The molecule has 2 aromatic heterocycles. The Labute approximate surface area is 159 Å². The van der Waals surface area contributed by atoms with E-state index in [1.165, 1.54) is 4.52 Å². The van der Waals surface area contributed by atoms with Gasteiger partial charge in [0.25, 0.3) is 5.56 Å². The summed E-state index contributed by atoms with van der Waals surface area (Å²) < 4.78 is 1.42. The molecule has 0 amide bonds. The van der Waals surface area contributed by atoms with Crippen LogP contribution in [0.4, 0.5) is 0 Å². The Bertz CT molecular complexity index is 1190. The van der Waals surface area contributed by atoms with Crippen molar-refractivity contribution in [3.8, 4) is 11.3 Å². The van der Waals surface area contributed by atoms with Crippen LogP contribution in [0.5, 0.6) is 0 Å². The number of hydrogen-bond donors (Lipinski definition) is 1. The summed E-state index contributed by atoms with van der Waals surface area (Å²) in [5.74, 6) is 0. The van der Waals surface area contributed by atoms with E-state index in [-0.39, 0.29) is 5.56 Å². The highest BCUT2D eigenvalue weighted by molar-refractivity contribution is 6.36. The Hall–Kier alpha value is -2.34. The molecule has 0 aliphatic carbocycles. The molecule has 0 bridgehead atoms. The van der Waals surface area contributed by atoms with E-state index in [2.05, 4.69) is 10.1 Å². The van der Waals surface area contributed by atoms with Gasteiger partial charge in [0.2, 0.25) is 0 Å². The van der Waals surface area contributed by atoms with Gasteiger partial charge in [0, 0.05) is 22.7 Å². The van der Waals surface area contributed by atoms with Gasteiger partial charge in [0.05, 0.1) is 15.9 Å². The third-order valence-corrected chi connectivity index (χ3v) is 4.79. The number of hydrogen-bond acceptors (Lipinski definition) is 3. The maximum Gasteiger partial charge on any atom is 0.282 e. The Morgan fingerprint density at radius 3 is 2.65 bits per heavy atom. The number of nitrogens with one attached hydrogen (secondary N) is 1. The second kappa shape index (κ2) is 6.43. The minimum atomic E-state index is -0.161. The van der Waals surface area contributed by atoms with E-state index in [9.17, 15) is 4.79 Å². The molecule has 1 N–H and O–H groups in total. The maximum atomic E-state index is 12.9. The van der Waals surface area contributed by atoms with Crippen LogP contribution in [-0.4, -0.2) is 33.6 Å². The van der Waals surface area contributed by atoms with Gasteiger partial charge in [0.1, 0.15) is 11.3 Å². The van der Waals surface area contributed by atoms with Crippen LogP contribution in [0, 0.1) is 0 Å². The fourth-order valence-corrected chi connectivity index (χ4v) is 3.61. The fourth-order valence-electron chi connectivity index (χ4n) is 3.11. The van der Waals surface area contributed by atoms with Crippen LogP contribution in [0.3, 0.4) is 0 Å². The van der Waals surface area contributed by atoms with Crippen molar-refractivity contribution in [1.29, 1.82) is 0 Å². The average molecular weight is 387 g/mol. The highest BCUT2D eigenvalue weighted by Crippen LogP contribution is 2.33.